The second kappa shape index (κ2) is 5.17. The van der Waals surface area contributed by atoms with E-state index in [1.54, 1.807) is 18.2 Å². The number of fused-ring (bicyclic) bond motifs is 1. The van der Waals surface area contributed by atoms with Gasteiger partial charge in [-0.25, -0.2) is 9.50 Å². The first kappa shape index (κ1) is 14.6. The van der Waals surface area contributed by atoms with Gasteiger partial charge in [0.25, 0.3) is 0 Å². The minimum Gasteiger partial charge on any atom is -0.497 e. The highest BCUT2D eigenvalue weighted by molar-refractivity contribution is 6.31. The van der Waals surface area contributed by atoms with E-state index in [4.69, 9.17) is 16.3 Å². The van der Waals surface area contributed by atoms with E-state index in [2.05, 4.69) is 10.1 Å². The van der Waals surface area contributed by atoms with Crippen LogP contribution in [0, 0.1) is 0 Å². The highest BCUT2D eigenvalue weighted by atomic mass is 35.5. The number of halogens is 4. The molecule has 0 aliphatic heterocycles. The van der Waals surface area contributed by atoms with E-state index >= 15 is 0 Å². The first-order chi connectivity index (χ1) is 10.4. The predicted octanol–water partition coefficient (Wildman–Crippen LogP) is 4.08. The van der Waals surface area contributed by atoms with Crippen molar-refractivity contribution < 1.29 is 17.9 Å². The number of alkyl halides is 3. The van der Waals surface area contributed by atoms with Crippen LogP contribution in [0.3, 0.4) is 0 Å². The Balaban J connectivity index is 2.29. The van der Waals surface area contributed by atoms with Crippen molar-refractivity contribution in [2.24, 2.45) is 0 Å². The molecule has 2 heterocycles. The molecule has 0 saturated heterocycles. The molecule has 3 rings (SSSR count). The largest absolute Gasteiger partial charge is 0.497 e. The molecule has 0 amide bonds. The van der Waals surface area contributed by atoms with Crippen LogP contribution >= 0.6 is 11.6 Å². The molecule has 0 unspecified atom stereocenters. The van der Waals surface area contributed by atoms with Gasteiger partial charge in [-0.15, -0.1) is 0 Å². The smallest absolute Gasteiger partial charge is 0.417 e. The molecule has 0 radical (unpaired) electrons. The lowest BCUT2D eigenvalue weighted by molar-refractivity contribution is -0.137. The highest BCUT2D eigenvalue weighted by Gasteiger charge is 2.32. The van der Waals surface area contributed by atoms with E-state index < -0.39 is 11.7 Å². The quantitative estimate of drug-likeness (QED) is 0.712. The average Bonchev–Trinajstić information content (AvgIpc) is 2.92. The Bertz CT molecular complexity index is 845. The summed E-state index contributed by atoms with van der Waals surface area (Å²) in [5.74, 6) is 0.442. The minimum absolute atomic E-state index is 0.271. The summed E-state index contributed by atoms with van der Waals surface area (Å²) >= 11 is 5.99. The molecule has 0 aliphatic carbocycles. The zero-order valence-corrected chi connectivity index (χ0v) is 12.0. The molecule has 0 bridgehead atoms. The number of rotatable bonds is 2. The summed E-state index contributed by atoms with van der Waals surface area (Å²) in [4.78, 5) is 4.00. The fourth-order valence-corrected chi connectivity index (χ4v) is 2.36. The van der Waals surface area contributed by atoms with Crippen molar-refractivity contribution in [3.8, 4) is 16.9 Å². The number of nitrogens with zero attached hydrogens (tertiary/aromatic N) is 3. The predicted molar refractivity (Wildman–Crippen MR) is 75.0 cm³/mol. The molecule has 0 atom stereocenters. The van der Waals surface area contributed by atoms with E-state index in [9.17, 15) is 13.2 Å². The van der Waals surface area contributed by atoms with Crippen molar-refractivity contribution in [2.75, 3.05) is 7.11 Å². The third-order valence-corrected chi connectivity index (χ3v) is 3.34. The van der Waals surface area contributed by atoms with Gasteiger partial charge in [-0.2, -0.15) is 18.3 Å². The molecule has 0 saturated carbocycles. The molecule has 0 fully saturated rings. The third-order valence-electron chi connectivity index (χ3n) is 3.12. The number of ether oxygens (including phenoxy) is 1. The van der Waals surface area contributed by atoms with Crippen LogP contribution < -0.4 is 4.74 Å². The van der Waals surface area contributed by atoms with Crippen molar-refractivity contribution in [2.45, 2.75) is 6.18 Å². The molecule has 114 valence electrons. The number of pyridine rings is 1. The van der Waals surface area contributed by atoms with Gasteiger partial charge in [0.05, 0.1) is 12.7 Å². The highest BCUT2D eigenvalue weighted by Crippen LogP contribution is 2.35. The number of hydrogen-bond acceptors (Lipinski definition) is 3. The molecular weight excluding hydrogens is 319 g/mol. The summed E-state index contributed by atoms with van der Waals surface area (Å²) in [5.41, 5.74) is 0.221. The normalized spacial score (nSPS) is 11.9. The number of hydrogen-bond donors (Lipinski definition) is 0. The summed E-state index contributed by atoms with van der Waals surface area (Å²) in [6.07, 6.45) is -2.40. The molecule has 22 heavy (non-hydrogen) atoms. The summed E-state index contributed by atoms with van der Waals surface area (Å²) in [6, 6.07) is 5.74. The van der Waals surface area contributed by atoms with E-state index in [-0.39, 0.29) is 5.56 Å². The molecule has 0 spiro atoms. The van der Waals surface area contributed by atoms with Crippen molar-refractivity contribution in [3.63, 3.8) is 0 Å². The fraction of sp³-hybridized carbons (Fsp3) is 0.143. The van der Waals surface area contributed by atoms with E-state index in [0.717, 1.165) is 16.8 Å². The van der Waals surface area contributed by atoms with Gasteiger partial charge in [0.15, 0.2) is 5.65 Å². The number of aromatic nitrogens is 3. The van der Waals surface area contributed by atoms with Crippen molar-refractivity contribution in [3.05, 3.63) is 47.4 Å². The molecule has 2 aromatic heterocycles. The molecular formula is C14H9ClF3N3O. The van der Waals surface area contributed by atoms with Gasteiger partial charge in [-0.05, 0) is 29.8 Å². The van der Waals surface area contributed by atoms with Gasteiger partial charge in [-0.3, -0.25) is 0 Å². The maximum Gasteiger partial charge on any atom is 0.417 e. The molecule has 4 nitrogen and oxygen atoms in total. The lowest BCUT2D eigenvalue weighted by Crippen LogP contribution is -2.07. The first-order valence-corrected chi connectivity index (χ1v) is 6.52. The zero-order chi connectivity index (χ0) is 15.9. The SMILES string of the molecule is COc1cc(Cl)cc(-c2cc(C(F)(F)F)cn3ncnc23)c1. The monoisotopic (exact) mass is 327 g/mol. The van der Waals surface area contributed by atoms with Crippen molar-refractivity contribution >= 4 is 17.2 Å². The Labute approximate surface area is 128 Å². The van der Waals surface area contributed by atoms with Crippen LogP contribution in [0.5, 0.6) is 5.75 Å². The van der Waals surface area contributed by atoms with Crippen molar-refractivity contribution in [1.82, 2.24) is 14.6 Å². The molecule has 1 aromatic carbocycles. The van der Waals surface area contributed by atoms with Crippen LogP contribution in [0.2, 0.25) is 5.02 Å². The molecule has 8 heteroatoms. The van der Waals surface area contributed by atoms with Gasteiger partial charge < -0.3 is 4.74 Å². The van der Waals surface area contributed by atoms with E-state index in [0.29, 0.717) is 22.0 Å². The fourth-order valence-electron chi connectivity index (χ4n) is 2.13. The summed E-state index contributed by atoms with van der Waals surface area (Å²) < 4.78 is 45.3. The Hall–Kier alpha value is -2.28. The van der Waals surface area contributed by atoms with Gasteiger partial charge >= 0.3 is 6.18 Å². The summed E-state index contributed by atoms with van der Waals surface area (Å²) in [6.45, 7) is 0. The molecule has 0 aliphatic rings. The standard InChI is InChI=1S/C14H9ClF3N3O/c1-22-11-3-8(2-10(15)5-11)12-4-9(14(16,17)18)6-21-13(12)19-7-20-21/h2-7H,1H3. The van der Waals surface area contributed by atoms with E-state index in [1.165, 1.54) is 13.4 Å². The van der Waals surface area contributed by atoms with Crippen LogP contribution in [-0.2, 0) is 6.18 Å². The van der Waals surface area contributed by atoms with Crippen LogP contribution in [0.15, 0.2) is 36.8 Å². The van der Waals surface area contributed by atoms with Gasteiger partial charge in [0.2, 0.25) is 0 Å². The van der Waals surface area contributed by atoms with E-state index in [1.807, 2.05) is 0 Å². The Morgan fingerprint density at radius 2 is 1.95 bits per heavy atom. The summed E-state index contributed by atoms with van der Waals surface area (Å²) in [5, 5.41) is 4.14. The minimum atomic E-state index is -4.49. The molecule has 0 N–H and O–H groups in total. The first-order valence-electron chi connectivity index (χ1n) is 6.14. The van der Waals surface area contributed by atoms with Gasteiger partial charge in [0, 0.05) is 16.8 Å². The Kier molecular flexibility index (Phi) is 3.44. The number of methoxy groups -OCH3 is 1. The molecule has 3 aromatic rings. The average molecular weight is 328 g/mol. The lowest BCUT2D eigenvalue weighted by atomic mass is 10.0. The van der Waals surface area contributed by atoms with Gasteiger partial charge in [0.1, 0.15) is 12.1 Å². The van der Waals surface area contributed by atoms with Crippen LogP contribution in [0.4, 0.5) is 13.2 Å². The maximum absolute atomic E-state index is 13.0. The Morgan fingerprint density at radius 1 is 1.18 bits per heavy atom. The maximum atomic E-state index is 13.0. The van der Waals surface area contributed by atoms with Crippen LogP contribution in [0.1, 0.15) is 5.56 Å². The number of benzene rings is 1. The second-order valence-electron chi connectivity index (χ2n) is 4.55. The van der Waals surface area contributed by atoms with Crippen LogP contribution in [0.25, 0.3) is 16.8 Å². The van der Waals surface area contributed by atoms with Crippen molar-refractivity contribution in [1.29, 1.82) is 0 Å². The Morgan fingerprint density at radius 3 is 2.64 bits per heavy atom. The van der Waals surface area contributed by atoms with Gasteiger partial charge in [-0.1, -0.05) is 11.6 Å². The lowest BCUT2D eigenvalue weighted by Gasteiger charge is -2.11. The second-order valence-corrected chi connectivity index (χ2v) is 4.98. The third kappa shape index (κ3) is 2.59. The topological polar surface area (TPSA) is 39.4 Å². The zero-order valence-electron chi connectivity index (χ0n) is 11.2. The summed E-state index contributed by atoms with van der Waals surface area (Å²) in [7, 11) is 1.45. The van der Waals surface area contributed by atoms with Crippen LogP contribution in [-0.4, -0.2) is 21.7 Å².